The minimum absolute atomic E-state index is 0.591. The summed E-state index contributed by atoms with van der Waals surface area (Å²) in [4.78, 5) is 11.6. The summed E-state index contributed by atoms with van der Waals surface area (Å²) in [5, 5.41) is 13.8. The number of nitrogens with one attached hydrogen (secondary N) is 1. The normalized spacial score (nSPS) is 13.5. The van der Waals surface area contributed by atoms with Crippen molar-refractivity contribution < 1.29 is 0 Å². The zero-order valence-corrected chi connectivity index (χ0v) is 31.9. The Morgan fingerprint density at radius 3 is 2.27 bits per heavy atom. The third kappa shape index (κ3) is 10.5. The van der Waals surface area contributed by atoms with Gasteiger partial charge in [-0.05, 0) is 146 Å². The van der Waals surface area contributed by atoms with Gasteiger partial charge in [0.1, 0.15) is 6.07 Å². The fraction of sp³-hybridized carbons (Fsp3) is 0.400. The van der Waals surface area contributed by atoms with E-state index in [0.717, 1.165) is 73.5 Å². The number of allylic oxidation sites excluding steroid dienone is 1. The maximum absolute atomic E-state index is 9.41. The van der Waals surface area contributed by atoms with Gasteiger partial charge in [0.25, 0.3) is 0 Å². The highest BCUT2D eigenvalue weighted by atomic mass is 35.5. The highest BCUT2D eigenvalue weighted by Gasteiger charge is 2.17. The summed E-state index contributed by atoms with van der Waals surface area (Å²) in [7, 11) is 0. The summed E-state index contributed by atoms with van der Waals surface area (Å²) in [5.41, 5.74) is 15.5. The van der Waals surface area contributed by atoms with Gasteiger partial charge in [-0.15, -0.1) is 0 Å². The SMILES string of the molecule is C=C(CCC)/N=C(\CC)CNCc1cc(Cl)c(CCc2cccc(-c3cccc(CN4CCCC4)c3C)c2C)cc1CCc1cncc(C#N)c1. The second-order valence-corrected chi connectivity index (χ2v) is 14.4. The van der Waals surface area contributed by atoms with E-state index in [0.29, 0.717) is 18.7 Å². The average molecular weight is 700 g/mol. The van der Waals surface area contributed by atoms with Crippen LogP contribution in [-0.4, -0.2) is 35.2 Å². The molecule has 6 heteroatoms. The van der Waals surface area contributed by atoms with E-state index in [1.807, 2.05) is 12.3 Å². The topological polar surface area (TPSA) is 64.3 Å². The highest BCUT2D eigenvalue weighted by molar-refractivity contribution is 6.31. The van der Waals surface area contributed by atoms with E-state index in [4.69, 9.17) is 16.6 Å². The summed E-state index contributed by atoms with van der Waals surface area (Å²) >= 11 is 7.06. The van der Waals surface area contributed by atoms with Crippen molar-refractivity contribution >= 4 is 17.3 Å². The van der Waals surface area contributed by atoms with E-state index in [-0.39, 0.29) is 0 Å². The number of rotatable bonds is 17. The van der Waals surface area contributed by atoms with Crippen molar-refractivity contribution in [1.82, 2.24) is 15.2 Å². The molecular formula is C45H54ClN5. The Bertz CT molecular complexity index is 1880. The molecule has 0 saturated carbocycles. The van der Waals surface area contributed by atoms with Crippen molar-refractivity contribution in [2.45, 2.75) is 98.6 Å². The smallest absolute Gasteiger partial charge is 0.101 e. The number of nitrogens with zero attached hydrogens (tertiary/aromatic N) is 4. The zero-order chi connectivity index (χ0) is 36.2. The van der Waals surface area contributed by atoms with Crippen LogP contribution in [0.5, 0.6) is 0 Å². The van der Waals surface area contributed by atoms with Crippen LogP contribution in [-0.2, 0) is 38.8 Å². The lowest BCUT2D eigenvalue weighted by Gasteiger charge is -2.20. The van der Waals surface area contributed by atoms with Crippen molar-refractivity contribution in [1.29, 1.82) is 5.26 Å². The largest absolute Gasteiger partial charge is 0.307 e. The molecule has 0 bridgehead atoms. The van der Waals surface area contributed by atoms with Crippen molar-refractivity contribution in [3.05, 3.63) is 134 Å². The zero-order valence-electron chi connectivity index (χ0n) is 31.1. The van der Waals surface area contributed by atoms with E-state index in [9.17, 15) is 5.26 Å². The van der Waals surface area contributed by atoms with E-state index >= 15 is 0 Å². The van der Waals surface area contributed by atoms with Gasteiger partial charge < -0.3 is 5.32 Å². The molecule has 0 aliphatic carbocycles. The molecule has 1 N–H and O–H groups in total. The molecule has 0 atom stereocenters. The number of nitriles is 1. The molecule has 0 amide bonds. The lowest BCUT2D eigenvalue weighted by atomic mass is 9.89. The number of hydrogen-bond donors (Lipinski definition) is 1. The summed E-state index contributed by atoms with van der Waals surface area (Å²) < 4.78 is 0. The van der Waals surface area contributed by atoms with Gasteiger partial charge in [0.15, 0.2) is 0 Å². The molecule has 1 aliphatic rings. The van der Waals surface area contributed by atoms with Crippen LogP contribution in [0.2, 0.25) is 5.02 Å². The Morgan fingerprint density at radius 2 is 1.57 bits per heavy atom. The van der Waals surface area contributed by atoms with Crippen molar-refractivity contribution in [3.8, 4) is 17.2 Å². The van der Waals surface area contributed by atoms with Crippen LogP contribution in [0.15, 0.2) is 84.3 Å². The molecule has 266 valence electrons. The van der Waals surface area contributed by atoms with Crippen LogP contribution < -0.4 is 5.32 Å². The Morgan fingerprint density at radius 1 is 0.882 bits per heavy atom. The number of aryl methyl sites for hydroxylation is 4. The quantitative estimate of drug-likeness (QED) is 0.111. The predicted molar refractivity (Wildman–Crippen MR) is 215 cm³/mol. The van der Waals surface area contributed by atoms with Crippen LogP contribution in [0, 0.1) is 25.2 Å². The number of halogens is 1. The molecule has 3 aromatic carbocycles. The number of hydrogen-bond acceptors (Lipinski definition) is 5. The number of pyridine rings is 1. The molecule has 0 unspecified atom stereocenters. The first-order chi connectivity index (χ1) is 24.8. The van der Waals surface area contributed by atoms with Crippen LogP contribution in [0.1, 0.15) is 96.0 Å². The molecule has 0 radical (unpaired) electrons. The van der Waals surface area contributed by atoms with Crippen LogP contribution in [0.4, 0.5) is 0 Å². The highest BCUT2D eigenvalue weighted by Crippen LogP contribution is 2.32. The molecule has 51 heavy (non-hydrogen) atoms. The number of aliphatic imine (C=N–C) groups is 1. The average Bonchev–Trinajstić information content (AvgIpc) is 3.65. The minimum Gasteiger partial charge on any atom is -0.307 e. The summed E-state index contributed by atoms with van der Waals surface area (Å²) in [6.07, 6.45) is 12.3. The maximum Gasteiger partial charge on any atom is 0.101 e. The molecule has 4 aromatic rings. The first kappa shape index (κ1) is 38.2. The van der Waals surface area contributed by atoms with E-state index in [1.54, 1.807) is 6.20 Å². The molecule has 1 aliphatic heterocycles. The third-order valence-corrected chi connectivity index (χ3v) is 10.7. The second-order valence-electron chi connectivity index (χ2n) is 14.0. The van der Waals surface area contributed by atoms with Crippen LogP contribution in [0.3, 0.4) is 0 Å². The van der Waals surface area contributed by atoms with Gasteiger partial charge >= 0.3 is 0 Å². The Labute approximate surface area is 311 Å². The first-order valence-electron chi connectivity index (χ1n) is 18.8. The molecule has 2 heterocycles. The molecule has 0 spiro atoms. The van der Waals surface area contributed by atoms with Gasteiger partial charge in [-0.1, -0.05) is 80.9 Å². The van der Waals surface area contributed by atoms with Gasteiger partial charge in [-0.2, -0.15) is 5.26 Å². The van der Waals surface area contributed by atoms with Crippen LogP contribution >= 0.6 is 11.6 Å². The first-order valence-corrected chi connectivity index (χ1v) is 19.2. The lowest BCUT2D eigenvalue weighted by Crippen LogP contribution is -2.23. The van der Waals surface area contributed by atoms with Gasteiger partial charge in [0, 0.05) is 48.5 Å². The van der Waals surface area contributed by atoms with E-state index < -0.39 is 0 Å². The minimum atomic E-state index is 0.591. The van der Waals surface area contributed by atoms with Crippen molar-refractivity contribution in [2.24, 2.45) is 4.99 Å². The third-order valence-electron chi connectivity index (χ3n) is 10.3. The molecule has 1 aromatic heterocycles. The summed E-state index contributed by atoms with van der Waals surface area (Å²) in [5.74, 6) is 0. The van der Waals surface area contributed by atoms with Crippen molar-refractivity contribution in [2.75, 3.05) is 19.6 Å². The van der Waals surface area contributed by atoms with Gasteiger partial charge in [0.2, 0.25) is 0 Å². The van der Waals surface area contributed by atoms with Crippen LogP contribution in [0.25, 0.3) is 11.1 Å². The Kier molecular flexibility index (Phi) is 14.2. The maximum atomic E-state index is 9.41. The molecule has 5 nitrogen and oxygen atoms in total. The van der Waals surface area contributed by atoms with Gasteiger partial charge in [-0.3, -0.25) is 14.9 Å². The fourth-order valence-electron chi connectivity index (χ4n) is 7.26. The Balaban J connectivity index is 1.35. The Hall–Kier alpha value is -4.08. The summed E-state index contributed by atoms with van der Waals surface area (Å²) in [6.45, 7) is 17.8. The molecule has 5 rings (SSSR count). The molecule has 1 fully saturated rings. The van der Waals surface area contributed by atoms with Gasteiger partial charge in [-0.25, -0.2) is 0 Å². The monoisotopic (exact) mass is 699 g/mol. The summed E-state index contributed by atoms with van der Waals surface area (Å²) in [6, 6.07) is 22.2. The molecule has 1 saturated heterocycles. The van der Waals surface area contributed by atoms with E-state index in [1.165, 1.54) is 76.0 Å². The molecular weight excluding hydrogens is 646 g/mol. The number of benzene rings is 3. The number of aromatic nitrogens is 1. The predicted octanol–water partition coefficient (Wildman–Crippen LogP) is 10.3. The lowest BCUT2D eigenvalue weighted by molar-refractivity contribution is 0.331. The van der Waals surface area contributed by atoms with Gasteiger partial charge in [0.05, 0.1) is 5.56 Å². The number of likely N-dealkylation sites (tertiary alicyclic amines) is 1. The van der Waals surface area contributed by atoms with Crippen molar-refractivity contribution in [3.63, 3.8) is 0 Å². The van der Waals surface area contributed by atoms with E-state index in [2.05, 4.69) is 104 Å². The fourth-order valence-corrected chi connectivity index (χ4v) is 7.54. The standard InChI is InChI=1S/C45H54ClN5/c1-6-12-32(3)50-42(7-2)30-49-29-41-25-45(46)39(24-38(41)18-17-35-23-36(26-47)28-48-27-35)20-19-37-13-10-15-43(33(37)4)44-16-11-14-40(34(44)5)31-51-21-8-9-22-51/h10-11,13-16,23-25,27-28,49H,3,6-9,12,17-22,29-31H2,1-2,4-5H3/b50-42+. The second kappa shape index (κ2) is 19.0.